The summed E-state index contributed by atoms with van der Waals surface area (Å²) in [5, 5.41) is 4.86. The molecule has 0 spiro atoms. The van der Waals surface area contributed by atoms with Crippen molar-refractivity contribution in [1.82, 2.24) is 19.6 Å². The summed E-state index contributed by atoms with van der Waals surface area (Å²) < 4.78 is 20.3. The highest BCUT2D eigenvalue weighted by Gasteiger charge is 2.23. The van der Waals surface area contributed by atoms with E-state index in [1.54, 1.807) is 41.2 Å². The van der Waals surface area contributed by atoms with Gasteiger partial charge in [0.1, 0.15) is 11.6 Å². The number of ether oxygens (including phenoxy) is 1. The summed E-state index contributed by atoms with van der Waals surface area (Å²) >= 11 is 6.08. The minimum atomic E-state index is -0.231. The number of hydrogen-bond acceptors (Lipinski definition) is 4. The van der Waals surface area contributed by atoms with Crippen LogP contribution < -0.4 is 4.74 Å². The van der Waals surface area contributed by atoms with Gasteiger partial charge in [0.2, 0.25) is 0 Å². The van der Waals surface area contributed by atoms with E-state index in [1.807, 2.05) is 17.0 Å². The maximum atomic E-state index is 13.0. The first-order valence-electron chi connectivity index (χ1n) is 9.75. The quantitative estimate of drug-likeness (QED) is 0.601. The molecule has 1 aliphatic rings. The number of rotatable bonds is 6. The van der Waals surface area contributed by atoms with Gasteiger partial charge < -0.3 is 9.64 Å². The fraction of sp³-hybridized carbons (Fsp3) is 0.273. The van der Waals surface area contributed by atoms with Crippen LogP contribution in [0, 0.1) is 5.82 Å². The van der Waals surface area contributed by atoms with E-state index in [0.717, 1.165) is 25.2 Å². The molecule has 0 aliphatic carbocycles. The Kier molecular flexibility index (Phi) is 6.30. The van der Waals surface area contributed by atoms with E-state index < -0.39 is 0 Å². The summed E-state index contributed by atoms with van der Waals surface area (Å²) in [7, 11) is 0. The Labute approximate surface area is 179 Å². The minimum Gasteiger partial charge on any atom is -0.470 e. The first kappa shape index (κ1) is 20.4. The van der Waals surface area contributed by atoms with E-state index in [9.17, 15) is 9.18 Å². The lowest BCUT2D eigenvalue weighted by Gasteiger charge is -2.34. The first-order valence-corrected chi connectivity index (χ1v) is 10.1. The molecule has 0 radical (unpaired) electrons. The summed E-state index contributed by atoms with van der Waals surface area (Å²) in [6.07, 6.45) is 1.72. The molecule has 0 N–H and O–H groups in total. The Morgan fingerprint density at radius 1 is 1.03 bits per heavy atom. The third-order valence-corrected chi connectivity index (χ3v) is 5.34. The van der Waals surface area contributed by atoms with Crippen molar-refractivity contribution < 1.29 is 13.9 Å². The Hall–Kier alpha value is -2.90. The van der Waals surface area contributed by atoms with Gasteiger partial charge in [0, 0.05) is 38.9 Å². The molecule has 1 amide bonds. The van der Waals surface area contributed by atoms with E-state index in [0.29, 0.717) is 29.6 Å². The Morgan fingerprint density at radius 2 is 1.77 bits per heavy atom. The van der Waals surface area contributed by atoms with Crippen molar-refractivity contribution in [2.24, 2.45) is 0 Å². The number of nitrogens with zero attached hydrogens (tertiary/aromatic N) is 4. The number of amides is 1. The molecule has 1 saturated heterocycles. The van der Waals surface area contributed by atoms with Crippen molar-refractivity contribution in [2.75, 3.05) is 26.2 Å². The van der Waals surface area contributed by atoms with E-state index in [4.69, 9.17) is 16.3 Å². The summed E-state index contributed by atoms with van der Waals surface area (Å²) in [6, 6.07) is 15.4. The molecular weight excluding hydrogens is 407 g/mol. The number of piperazine rings is 1. The zero-order chi connectivity index (χ0) is 20.9. The molecule has 3 aromatic rings. The number of benzene rings is 2. The normalized spacial score (nSPS) is 14.7. The molecule has 0 atom stereocenters. The maximum Gasteiger partial charge on any atom is 0.274 e. The smallest absolute Gasteiger partial charge is 0.274 e. The molecule has 6 nitrogen and oxygen atoms in total. The van der Waals surface area contributed by atoms with Crippen LogP contribution >= 0.6 is 11.6 Å². The summed E-state index contributed by atoms with van der Waals surface area (Å²) in [5.74, 6) is 0.249. The number of carbonyl (C=O) groups excluding carboxylic acids is 1. The van der Waals surface area contributed by atoms with Gasteiger partial charge in [0.25, 0.3) is 5.91 Å². The SMILES string of the molecule is O=C(c1ccn(COc2ccccc2Cl)n1)N1CCN(Cc2ccc(F)cc2)CC1. The van der Waals surface area contributed by atoms with E-state index in [2.05, 4.69) is 10.00 Å². The van der Waals surface area contributed by atoms with E-state index >= 15 is 0 Å². The predicted octanol–water partition coefficient (Wildman–Crippen LogP) is 3.67. The number of para-hydroxylation sites is 1. The zero-order valence-electron chi connectivity index (χ0n) is 16.4. The van der Waals surface area contributed by atoms with Crippen LogP contribution in [-0.4, -0.2) is 51.7 Å². The van der Waals surface area contributed by atoms with Crippen molar-refractivity contribution in [3.8, 4) is 5.75 Å². The Balaban J connectivity index is 1.28. The third-order valence-electron chi connectivity index (χ3n) is 5.03. The molecule has 30 heavy (non-hydrogen) atoms. The Morgan fingerprint density at radius 3 is 2.50 bits per heavy atom. The number of carbonyl (C=O) groups is 1. The molecule has 156 valence electrons. The predicted molar refractivity (Wildman–Crippen MR) is 112 cm³/mol. The first-order chi connectivity index (χ1) is 14.6. The lowest BCUT2D eigenvalue weighted by Crippen LogP contribution is -2.48. The summed E-state index contributed by atoms with van der Waals surface area (Å²) in [5.41, 5.74) is 1.46. The Bertz CT molecular complexity index is 1000. The summed E-state index contributed by atoms with van der Waals surface area (Å²) in [6.45, 7) is 3.70. The zero-order valence-corrected chi connectivity index (χ0v) is 17.1. The van der Waals surface area contributed by atoms with Gasteiger partial charge in [-0.3, -0.25) is 9.69 Å². The molecule has 2 aromatic carbocycles. The molecular formula is C22H22ClFN4O2. The van der Waals surface area contributed by atoms with Crippen LogP contribution in [-0.2, 0) is 13.3 Å². The van der Waals surface area contributed by atoms with Crippen LogP contribution in [0.25, 0.3) is 0 Å². The lowest BCUT2D eigenvalue weighted by atomic mass is 10.2. The second-order valence-corrected chi connectivity index (χ2v) is 7.55. The van der Waals surface area contributed by atoms with Gasteiger partial charge >= 0.3 is 0 Å². The topological polar surface area (TPSA) is 50.6 Å². The molecule has 1 fully saturated rings. The molecule has 8 heteroatoms. The van der Waals surface area contributed by atoms with Crippen LogP contribution in [0.2, 0.25) is 5.02 Å². The molecule has 1 aromatic heterocycles. The van der Waals surface area contributed by atoms with Crippen molar-refractivity contribution in [1.29, 1.82) is 0 Å². The highest BCUT2D eigenvalue weighted by atomic mass is 35.5. The van der Waals surface area contributed by atoms with Crippen molar-refractivity contribution >= 4 is 17.5 Å². The highest BCUT2D eigenvalue weighted by molar-refractivity contribution is 6.32. The lowest BCUT2D eigenvalue weighted by molar-refractivity contribution is 0.0620. The van der Waals surface area contributed by atoms with Gasteiger partial charge in [-0.05, 0) is 35.9 Å². The number of hydrogen-bond donors (Lipinski definition) is 0. The van der Waals surface area contributed by atoms with Gasteiger partial charge in [-0.15, -0.1) is 0 Å². The van der Waals surface area contributed by atoms with Crippen molar-refractivity contribution in [2.45, 2.75) is 13.3 Å². The van der Waals surface area contributed by atoms with Crippen LogP contribution in [0.4, 0.5) is 4.39 Å². The second-order valence-electron chi connectivity index (χ2n) is 7.14. The van der Waals surface area contributed by atoms with Crippen molar-refractivity contribution in [3.63, 3.8) is 0 Å². The van der Waals surface area contributed by atoms with Gasteiger partial charge in [-0.2, -0.15) is 5.10 Å². The standard InChI is InChI=1S/C22H22ClFN4O2/c23-19-3-1-2-4-21(19)30-16-28-10-9-20(25-28)22(29)27-13-11-26(12-14-27)15-17-5-7-18(24)8-6-17/h1-10H,11-16H2. The molecule has 0 bridgehead atoms. The van der Waals surface area contributed by atoms with Crippen molar-refractivity contribution in [3.05, 3.63) is 82.9 Å². The minimum absolute atomic E-state index is 0.0899. The molecule has 1 aliphatic heterocycles. The van der Waals surface area contributed by atoms with Crippen LogP contribution in [0.5, 0.6) is 5.75 Å². The third kappa shape index (κ3) is 4.98. The fourth-order valence-electron chi connectivity index (χ4n) is 3.36. The van der Waals surface area contributed by atoms with Gasteiger partial charge in [-0.25, -0.2) is 9.07 Å². The molecule has 2 heterocycles. The van der Waals surface area contributed by atoms with Crippen LogP contribution in [0.15, 0.2) is 60.8 Å². The highest BCUT2D eigenvalue weighted by Crippen LogP contribution is 2.23. The molecule has 0 unspecified atom stereocenters. The van der Waals surface area contributed by atoms with Gasteiger partial charge in [0.05, 0.1) is 5.02 Å². The van der Waals surface area contributed by atoms with Crippen LogP contribution in [0.1, 0.15) is 16.1 Å². The second kappa shape index (κ2) is 9.28. The monoisotopic (exact) mass is 428 g/mol. The van der Waals surface area contributed by atoms with Crippen LogP contribution in [0.3, 0.4) is 0 Å². The van der Waals surface area contributed by atoms with E-state index in [1.165, 1.54) is 12.1 Å². The van der Waals surface area contributed by atoms with Gasteiger partial charge in [-0.1, -0.05) is 35.9 Å². The average molecular weight is 429 g/mol. The fourth-order valence-corrected chi connectivity index (χ4v) is 3.55. The van der Waals surface area contributed by atoms with E-state index in [-0.39, 0.29) is 18.5 Å². The molecule has 0 saturated carbocycles. The van der Waals surface area contributed by atoms with Gasteiger partial charge in [0.15, 0.2) is 12.4 Å². The molecule has 4 rings (SSSR count). The number of halogens is 2. The average Bonchev–Trinajstić information content (AvgIpc) is 3.24. The maximum absolute atomic E-state index is 13.0. The summed E-state index contributed by atoms with van der Waals surface area (Å²) in [4.78, 5) is 16.8. The largest absolute Gasteiger partial charge is 0.470 e. The number of aromatic nitrogens is 2.